The van der Waals surface area contributed by atoms with Crippen LogP contribution in [0.25, 0.3) is 0 Å². The second kappa shape index (κ2) is 9.25. The van der Waals surface area contributed by atoms with E-state index >= 15 is 0 Å². The summed E-state index contributed by atoms with van der Waals surface area (Å²) in [6, 6.07) is 5.67. The number of rotatable bonds is 5. The zero-order valence-electron chi connectivity index (χ0n) is 17.5. The molecule has 0 bridgehead atoms. The number of hydrogen-bond donors (Lipinski definition) is 0. The van der Waals surface area contributed by atoms with Crippen molar-refractivity contribution in [3.8, 4) is 5.75 Å². The second-order valence-electron chi connectivity index (χ2n) is 8.30. The standard InChI is InChI=1S/C22H34N2O3/c1-6-7-9-20(25)23-12-8-13-24(15-14-23)21(26)17-10-11-19(27-5)18(16-17)22(2,3)4/h10-11,16H,6-9,12-15H2,1-5H3. The number of carbonyl (C=O) groups is 2. The molecule has 2 amide bonds. The second-order valence-corrected chi connectivity index (χ2v) is 8.30. The summed E-state index contributed by atoms with van der Waals surface area (Å²) < 4.78 is 5.48. The molecule has 1 heterocycles. The lowest BCUT2D eigenvalue weighted by Crippen LogP contribution is -2.37. The normalized spacial score (nSPS) is 15.4. The SMILES string of the molecule is CCCCC(=O)N1CCCN(C(=O)c2ccc(OC)c(C(C)(C)C)c2)CC1. The van der Waals surface area contributed by atoms with Gasteiger partial charge in [-0.1, -0.05) is 34.1 Å². The maximum absolute atomic E-state index is 13.1. The van der Waals surface area contributed by atoms with E-state index in [-0.39, 0.29) is 17.2 Å². The molecule has 0 aromatic heterocycles. The fourth-order valence-corrected chi connectivity index (χ4v) is 3.47. The smallest absolute Gasteiger partial charge is 0.253 e. The molecule has 0 aliphatic carbocycles. The first-order chi connectivity index (χ1) is 12.8. The van der Waals surface area contributed by atoms with E-state index in [0.717, 1.165) is 37.1 Å². The van der Waals surface area contributed by atoms with Gasteiger partial charge in [0.2, 0.25) is 5.91 Å². The van der Waals surface area contributed by atoms with Crippen LogP contribution in [0.2, 0.25) is 0 Å². The Labute approximate surface area is 163 Å². The zero-order chi connectivity index (χ0) is 20.0. The Kier molecular flexibility index (Phi) is 7.28. The molecule has 1 aliphatic rings. The van der Waals surface area contributed by atoms with Gasteiger partial charge in [-0.15, -0.1) is 0 Å². The van der Waals surface area contributed by atoms with Gasteiger partial charge in [0.1, 0.15) is 5.75 Å². The van der Waals surface area contributed by atoms with Crippen molar-refractivity contribution >= 4 is 11.8 Å². The number of ether oxygens (including phenoxy) is 1. The van der Waals surface area contributed by atoms with Crippen LogP contribution in [-0.2, 0) is 10.2 Å². The van der Waals surface area contributed by atoms with E-state index in [2.05, 4.69) is 27.7 Å². The lowest BCUT2D eigenvalue weighted by Gasteiger charge is -2.25. The zero-order valence-corrected chi connectivity index (χ0v) is 17.5. The molecule has 0 unspecified atom stereocenters. The lowest BCUT2D eigenvalue weighted by molar-refractivity contribution is -0.131. The summed E-state index contributed by atoms with van der Waals surface area (Å²) in [4.78, 5) is 29.1. The minimum Gasteiger partial charge on any atom is -0.496 e. The van der Waals surface area contributed by atoms with Gasteiger partial charge < -0.3 is 14.5 Å². The third kappa shape index (κ3) is 5.47. The van der Waals surface area contributed by atoms with Gasteiger partial charge in [-0.05, 0) is 36.5 Å². The summed E-state index contributed by atoms with van der Waals surface area (Å²) in [5, 5.41) is 0. The highest BCUT2D eigenvalue weighted by atomic mass is 16.5. The van der Waals surface area contributed by atoms with Crippen molar-refractivity contribution in [3.05, 3.63) is 29.3 Å². The van der Waals surface area contributed by atoms with Crippen molar-refractivity contribution in [1.82, 2.24) is 9.80 Å². The van der Waals surface area contributed by atoms with Crippen LogP contribution >= 0.6 is 0 Å². The molecule has 0 spiro atoms. The van der Waals surface area contributed by atoms with Gasteiger partial charge in [-0.3, -0.25) is 9.59 Å². The van der Waals surface area contributed by atoms with Crippen molar-refractivity contribution in [2.24, 2.45) is 0 Å². The monoisotopic (exact) mass is 374 g/mol. The summed E-state index contributed by atoms with van der Waals surface area (Å²) in [6.07, 6.45) is 3.39. The highest BCUT2D eigenvalue weighted by molar-refractivity contribution is 5.94. The van der Waals surface area contributed by atoms with Gasteiger partial charge in [-0.2, -0.15) is 0 Å². The van der Waals surface area contributed by atoms with Crippen molar-refractivity contribution in [1.29, 1.82) is 0 Å². The molecule has 0 saturated carbocycles. The van der Waals surface area contributed by atoms with Crippen molar-refractivity contribution in [3.63, 3.8) is 0 Å². The fraction of sp³-hybridized carbons (Fsp3) is 0.636. The first-order valence-corrected chi connectivity index (χ1v) is 10.0. The minimum absolute atomic E-state index is 0.0333. The molecule has 1 saturated heterocycles. The predicted octanol–water partition coefficient (Wildman–Crippen LogP) is 3.86. The van der Waals surface area contributed by atoms with E-state index in [1.54, 1.807) is 7.11 Å². The lowest BCUT2D eigenvalue weighted by atomic mass is 9.85. The molecule has 0 N–H and O–H groups in total. The molecule has 0 radical (unpaired) electrons. The Morgan fingerprint density at radius 2 is 1.74 bits per heavy atom. The molecular formula is C22H34N2O3. The summed E-state index contributed by atoms with van der Waals surface area (Å²) in [5.74, 6) is 1.05. The topological polar surface area (TPSA) is 49.9 Å². The summed E-state index contributed by atoms with van der Waals surface area (Å²) in [5.41, 5.74) is 1.61. The molecule has 150 valence electrons. The average molecular weight is 375 g/mol. The quantitative estimate of drug-likeness (QED) is 0.786. The Hall–Kier alpha value is -2.04. The molecule has 5 nitrogen and oxygen atoms in total. The van der Waals surface area contributed by atoms with Gasteiger partial charge in [0.25, 0.3) is 5.91 Å². The predicted molar refractivity (Wildman–Crippen MR) is 108 cm³/mol. The van der Waals surface area contributed by atoms with Crippen molar-refractivity contribution in [2.45, 2.75) is 58.8 Å². The van der Waals surface area contributed by atoms with Crippen LogP contribution in [-0.4, -0.2) is 54.9 Å². The molecule has 0 atom stereocenters. The number of unbranched alkanes of at least 4 members (excludes halogenated alkanes) is 1. The summed E-state index contributed by atoms with van der Waals surface area (Å²) in [6.45, 7) is 11.1. The third-order valence-corrected chi connectivity index (χ3v) is 5.13. The van der Waals surface area contributed by atoms with Gasteiger partial charge in [0, 0.05) is 43.7 Å². The number of benzene rings is 1. The summed E-state index contributed by atoms with van der Waals surface area (Å²) in [7, 11) is 1.66. The Morgan fingerprint density at radius 3 is 2.37 bits per heavy atom. The molecule has 2 rings (SSSR count). The van der Waals surface area contributed by atoms with Crippen molar-refractivity contribution in [2.75, 3.05) is 33.3 Å². The third-order valence-electron chi connectivity index (χ3n) is 5.13. The largest absolute Gasteiger partial charge is 0.496 e. The number of methoxy groups -OCH3 is 1. The maximum Gasteiger partial charge on any atom is 0.253 e. The van der Waals surface area contributed by atoms with Gasteiger partial charge in [0.15, 0.2) is 0 Å². The van der Waals surface area contributed by atoms with E-state index in [4.69, 9.17) is 4.74 Å². The Morgan fingerprint density at radius 1 is 1.07 bits per heavy atom. The van der Waals surface area contributed by atoms with Crippen LogP contribution < -0.4 is 4.74 Å². The first-order valence-electron chi connectivity index (χ1n) is 10.0. The minimum atomic E-state index is -0.108. The summed E-state index contributed by atoms with van der Waals surface area (Å²) >= 11 is 0. The highest BCUT2D eigenvalue weighted by Gasteiger charge is 2.25. The first kappa shape index (κ1) is 21.3. The van der Waals surface area contributed by atoms with Crippen LogP contribution in [0.4, 0.5) is 0 Å². The van der Waals surface area contributed by atoms with Crippen LogP contribution in [0.5, 0.6) is 5.75 Å². The van der Waals surface area contributed by atoms with Gasteiger partial charge in [0.05, 0.1) is 7.11 Å². The number of carbonyl (C=O) groups excluding carboxylic acids is 2. The molecule has 1 fully saturated rings. The Balaban J connectivity index is 2.11. The molecule has 27 heavy (non-hydrogen) atoms. The number of nitrogens with zero attached hydrogens (tertiary/aromatic N) is 2. The van der Waals surface area contributed by atoms with E-state index in [9.17, 15) is 9.59 Å². The number of amides is 2. The van der Waals surface area contributed by atoms with E-state index < -0.39 is 0 Å². The van der Waals surface area contributed by atoms with E-state index in [1.165, 1.54) is 0 Å². The van der Waals surface area contributed by atoms with E-state index in [1.807, 2.05) is 28.0 Å². The Bertz CT molecular complexity index is 664. The van der Waals surface area contributed by atoms with E-state index in [0.29, 0.717) is 31.6 Å². The van der Waals surface area contributed by atoms with Crippen LogP contribution in [0.1, 0.15) is 69.3 Å². The van der Waals surface area contributed by atoms with Crippen molar-refractivity contribution < 1.29 is 14.3 Å². The molecule has 1 aliphatic heterocycles. The molecule has 1 aromatic carbocycles. The highest BCUT2D eigenvalue weighted by Crippen LogP contribution is 2.32. The van der Waals surface area contributed by atoms with Crippen LogP contribution in [0.3, 0.4) is 0 Å². The van der Waals surface area contributed by atoms with Crippen LogP contribution in [0, 0.1) is 0 Å². The molecular weight excluding hydrogens is 340 g/mol. The van der Waals surface area contributed by atoms with Gasteiger partial charge in [-0.25, -0.2) is 0 Å². The van der Waals surface area contributed by atoms with Gasteiger partial charge >= 0.3 is 0 Å². The average Bonchev–Trinajstić information content (AvgIpc) is 2.90. The van der Waals surface area contributed by atoms with Crippen LogP contribution in [0.15, 0.2) is 18.2 Å². The number of hydrogen-bond acceptors (Lipinski definition) is 3. The maximum atomic E-state index is 13.1. The molecule has 5 heteroatoms. The fourth-order valence-electron chi connectivity index (χ4n) is 3.47. The molecule has 1 aromatic rings.